The molecule has 6 heteroatoms. The third-order valence-corrected chi connectivity index (χ3v) is 3.36. The van der Waals surface area contributed by atoms with Crippen molar-refractivity contribution in [3.63, 3.8) is 0 Å². The molecule has 0 radical (unpaired) electrons. The topological polar surface area (TPSA) is 71.5 Å². The number of nitrogens with zero attached hydrogens (tertiary/aromatic N) is 1. The molecule has 0 atom stereocenters. The van der Waals surface area contributed by atoms with Gasteiger partial charge in [0.05, 0.1) is 19.0 Å². The van der Waals surface area contributed by atoms with E-state index in [-0.39, 0.29) is 0 Å². The van der Waals surface area contributed by atoms with Crippen LogP contribution in [0.15, 0.2) is 30.5 Å². The van der Waals surface area contributed by atoms with Crippen molar-refractivity contribution in [2.24, 2.45) is 0 Å². The lowest BCUT2D eigenvalue weighted by molar-refractivity contribution is 0.0702. The second-order valence-corrected chi connectivity index (χ2v) is 4.68. The predicted molar refractivity (Wildman–Crippen MR) is 69.4 cm³/mol. The lowest BCUT2D eigenvalue weighted by Crippen LogP contribution is -1.98. The van der Waals surface area contributed by atoms with Crippen LogP contribution in [0, 0.1) is 0 Å². The van der Waals surface area contributed by atoms with E-state index < -0.39 is 5.97 Å². The average Bonchev–Trinajstić information content (AvgIpc) is 2.86. The lowest BCUT2D eigenvalue weighted by atomic mass is 10.4. The summed E-state index contributed by atoms with van der Waals surface area (Å²) in [7, 11) is 1.56. The Labute approximate surface area is 108 Å². The SMILES string of the molecule is COc1ccc(NCc2ccc(C(=O)O)s2)cn1. The Morgan fingerprint density at radius 1 is 1.44 bits per heavy atom. The number of carboxylic acid groups (broad SMARTS) is 1. The van der Waals surface area contributed by atoms with Crippen LogP contribution in [0.1, 0.15) is 14.5 Å². The number of pyridine rings is 1. The van der Waals surface area contributed by atoms with Crippen LogP contribution in [-0.4, -0.2) is 23.2 Å². The van der Waals surface area contributed by atoms with Gasteiger partial charge in [0.25, 0.3) is 0 Å². The van der Waals surface area contributed by atoms with Crippen molar-refractivity contribution < 1.29 is 14.6 Å². The first-order valence-corrected chi connectivity index (χ1v) is 6.06. The summed E-state index contributed by atoms with van der Waals surface area (Å²) >= 11 is 1.26. The van der Waals surface area contributed by atoms with Gasteiger partial charge in [0.15, 0.2) is 0 Å². The minimum atomic E-state index is -0.891. The van der Waals surface area contributed by atoms with Gasteiger partial charge in [0, 0.05) is 17.5 Å². The van der Waals surface area contributed by atoms with Gasteiger partial charge in [-0.05, 0) is 18.2 Å². The highest BCUT2D eigenvalue weighted by Crippen LogP contribution is 2.18. The molecule has 0 aliphatic carbocycles. The summed E-state index contributed by atoms with van der Waals surface area (Å²) in [6, 6.07) is 7.03. The fraction of sp³-hybridized carbons (Fsp3) is 0.167. The third-order valence-electron chi connectivity index (χ3n) is 2.28. The van der Waals surface area contributed by atoms with Crippen molar-refractivity contribution in [1.82, 2.24) is 4.98 Å². The summed E-state index contributed by atoms with van der Waals surface area (Å²) in [5, 5.41) is 12.0. The third kappa shape index (κ3) is 2.98. The maximum Gasteiger partial charge on any atom is 0.345 e. The van der Waals surface area contributed by atoms with Crippen molar-refractivity contribution in [2.45, 2.75) is 6.54 Å². The van der Waals surface area contributed by atoms with Gasteiger partial charge < -0.3 is 15.2 Å². The molecule has 0 unspecified atom stereocenters. The molecular weight excluding hydrogens is 252 g/mol. The number of ether oxygens (including phenoxy) is 1. The second kappa shape index (κ2) is 5.50. The maximum atomic E-state index is 10.7. The number of hydrogen-bond donors (Lipinski definition) is 2. The zero-order chi connectivity index (χ0) is 13.0. The summed E-state index contributed by atoms with van der Waals surface area (Å²) in [6.45, 7) is 0.575. The van der Waals surface area contributed by atoms with Crippen LogP contribution in [0.4, 0.5) is 5.69 Å². The largest absolute Gasteiger partial charge is 0.481 e. The van der Waals surface area contributed by atoms with E-state index in [1.54, 1.807) is 31.5 Å². The Balaban J connectivity index is 1.95. The molecule has 94 valence electrons. The Kier molecular flexibility index (Phi) is 3.78. The summed E-state index contributed by atoms with van der Waals surface area (Å²) < 4.78 is 4.96. The molecule has 0 amide bonds. The molecule has 18 heavy (non-hydrogen) atoms. The molecule has 0 aliphatic heterocycles. The monoisotopic (exact) mass is 264 g/mol. The number of aromatic nitrogens is 1. The fourth-order valence-electron chi connectivity index (χ4n) is 1.38. The van der Waals surface area contributed by atoms with E-state index in [0.29, 0.717) is 17.3 Å². The zero-order valence-corrected chi connectivity index (χ0v) is 10.5. The molecular formula is C12H12N2O3S. The van der Waals surface area contributed by atoms with Gasteiger partial charge in [-0.25, -0.2) is 9.78 Å². The van der Waals surface area contributed by atoms with Gasteiger partial charge in [0.1, 0.15) is 4.88 Å². The summed E-state index contributed by atoms with van der Waals surface area (Å²) in [5.41, 5.74) is 0.862. The van der Waals surface area contributed by atoms with Crippen molar-refractivity contribution in [2.75, 3.05) is 12.4 Å². The van der Waals surface area contributed by atoms with Gasteiger partial charge in [-0.3, -0.25) is 0 Å². The first kappa shape index (κ1) is 12.4. The second-order valence-electron chi connectivity index (χ2n) is 3.51. The first-order chi connectivity index (χ1) is 8.69. The summed E-state index contributed by atoms with van der Waals surface area (Å²) in [4.78, 5) is 16.1. The van der Waals surface area contributed by atoms with Crippen LogP contribution >= 0.6 is 11.3 Å². The molecule has 0 aliphatic rings. The smallest absolute Gasteiger partial charge is 0.345 e. The van der Waals surface area contributed by atoms with E-state index >= 15 is 0 Å². The van der Waals surface area contributed by atoms with Crippen molar-refractivity contribution in [3.05, 3.63) is 40.2 Å². The quantitative estimate of drug-likeness (QED) is 0.868. The number of rotatable bonds is 5. The number of nitrogens with one attached hydrogen (secondary N) is 1. The normalized spacial score (nSPS) is 10.1. The maximum absolute atomic E-state index is 10.7. The molecule has 2 N–H and O–H groups in total. The lowest BCUT2D eigenvalue weighted by Gasteiger charge is -2.04. The molecule has 2 aromatic heterocycles. The zero-order valence-electron chi connectivity index (χ0n) is 9.71. The van der Waals surface area contributed by atoms with Crippen molar-refractivity contribution >= 4 is 23.0 Å². The number of hydrogen-bond acceptors (Lipinski definition) is 5. The van der Waals surface area contributed by atoms with Crippen LogP contribution < -0.4 is 10.1 Å². The molecule has 0 aromatic carbocycles. The Bertz CT molecular complexity index is 537. The first-order valence-electron chi connectivity index (χ1n) is 5.25. The number of aromatic carboxylic acids is 1. The summed E-state index contributed by atoms with van der Waals surface area (Å²) in [5.74, 6) is -0.331. The molecule has 0 saturated carbocycles. The van der Waals surface area contributed by atoms with Gasteiger partial charge >= 0.3 is 5.97 Å². The van der Waals surface area contributed by atoms with Gasteiger partial charge in [-0.1, -0.05) is 0 Å². The number of carboxylic acids is 1. The average molecular weight is 264 g/mol. The minimum absolute atomic E-state index is 0.347. The van der Waals surface area contributed by atoms with E-state index in [9.17, 15) is 4.79 Å². The Morgan fingerprint density at radius 2 is 2.28 bits per heavy atom. The summed E-state index contributed by atoms with van der Waals surface area (Å²) in [6.07, 6.45) is 1.67. The van der Waals surface area contributed by atoms with E-state index in [1.165, 1.54) is 11.3 Å². The highest BCUT2D eigenvalue weighted by Gasteiger charge is 2.06. The van der Waals surface area contributed by atoms with E-state index in [4.69, 9.17) is 9.84 Å². The van der Waals surface area contributed by atoms with Gasteiger partial charge in [0.2, 0.25) is 5.88 Å². The minimum Gasteiger partial charge on any atom is -0.481 e. The molecule has 0 spiro atoms. The molecule has 2 heterocycles. The van der Waals surface area contributed by atoms with Gasteiger partial charge in [-0.2, -0.15) is 0 Å². The van der Waals surface area contributed by atoms with Crippen molar-refractivity contribution in [1.29, 1.82) is 0 Å². The number of methoxy groups -OCH3 is 1. The molecule has 0 saturated heterocycles. The van der Waals surface area contributed by atoms with Gasteiger partial charge in [-0.15, -0.1) is 11.3 Å². The van der Waals surface area contributed by atoms with Crippen LogP contribution in [-0.2, 0) is 6.54 Å². The molecule has 0 bridgehead atoms. The van der Waals surface area contributed by atoms with E-state index in [1.807, 2.05) is 6.07 Å². The van der Waals surface area contributed by atoms with Crippen LogP contribution in [0.25, 0.3) is 0 Å². The Morgan fingerprint density at radius 3 is 2.83 bits per heavy atom. The van der Waals surface area contributed by atoms with Crippen LogP contribution in [0.3, 0.4) is 0 Å². The Hall–Kier alpha value is -2.08. The number of thiophene rings is 1. The fourth-order valence-corrected chi connectivity index (χ4v) is 2.17. The van der Waals surface area contributed by atoms with Crippen LogP contribution in [0.5, 0.6) is 5.88 Å². The molecule has 0 fully saturated rings. The predicted octanol–water partition coefficient (Wildman–Crippen LogP) is 2.46. The highest BCUT2D eigenvalue weighted by atomic mass is 32.1. The number of carbonyl (C=O) groups is 1. The van der Waals surface area contributed by atoms with E-state index in [0.717, 1.165) is 10.6 Å². The highest BCUT2D eigenvalue weighted by molar-refractivity contribution is 7.13. The molecule has 2 rings (SSSR count). The van der Waals surface area contributed by atoms with Crippen LogP contribution in [0.2, 0.25) is 0 Å². The molecule has 5 nitrogen and oxygen atoms in total. The van der Waals surface area contributed by atoms with E-state index in [2.05, 4.69) is 10.3 Å². The standard InChI is InChI=1S/C12H12N2O3S/c1-17-11-5-2-8(6-14-11)13-7-9-3-4-10(18-9)12(15)16/h2-6,13H,7H2,1H3,(H,15,16). The van der Waals surface area contributed by atoms with Crippen molar-refractivity contribution in [3.8, 4) is 5.88 Å². The number of anilines is 1. The molecule has 2 aromatic rings.